The number of aromatic nitrogens is 6. The van der Waals surface area contributed by atoms with E-state index in [1.807, 2.05) is 11.7 Å². The predicted molar refractivity (Wildman–Crippen MR) is 93.6 cm³/mol. The molecule has 0 aromatic carbocycles. The molecule has 0 unspecified atom stereocenters. The number of pyridine rings is 1. The number of hydrogen-bond donors (Lipinski definition) is 2. The smallest absolute Gasteiger partial charge is 0.244 e. The minimum absolute atomic E-state index is 0.0914. The van der Waals surface area contributed by atoms with Crippen LogP contribution in [-0.2, 0) is 19.9 Å². The van der Waals surface area contributed by atoms with Gasteiger partial charge in [0.1, 0.15) is 11.5 Å². The van der Waals surface area contributed by atoms with Gasteiger partial charge in [0.25, 0.3) is 0 Å². The van der Waals surface area contributed by atoms with Gasteiger partial charge in [-0.2, -0.15) is 10.1 Å². The summed E-state index contributed by atoms with van der Waals surface area (Å²) >= 11 is 0. The summed E-state index contributed by atoms with van der Waals surface area (Å²) < 4.78 is 3.35. The van der Waals surface area contributed by atoms with Crippen molar-refractivity contribution in [1.82, 2.24) is 29.4 Å². The number of hydrogen-bond acceptors (Lipinski definition) is 8. The fourth-order valence-electron chi connectivity index (χ4n) is 3.32. The molecule has 3 aromatic rings. The summed E-state index contributed by atoms with van der Waals surface area (Å²) in [5, 5.41) is 27.9. The van der Waals surface area contributed by atoms with E-state index < -0.39 is 0 Å². The largest absolute Gasteiger partial charge is 0.340 e. The molecule has 1 saturated heterocycles. The Bertz CT molecular complexity index is 926. The summed E-state index contributed by atoms with van der Waals surface area (Å²) in [6.07, 6.45) is 5.37. The highest BCUT2D eigenvalue weighted by Crippen LogP contribution is 2.23. The summed E-state index contributed by atoms with van der Waals surface area (Å²) in [4.78, 5) is 11.3. The lowest BCUT2D eigenvalue weighted by molar-refractivity contribution is 0.0294. The normalized spacial score (nSPS) is 14.5. The monoisotopic (exact) mass is 358 g/mol. The van der Waals surface area contributed by atoms with Gasteiger partial charge in [-0.1, -0.05) is 0 Å². The van der Waals surface area contributed by atoms with E-state index in [9.17, 15) is 10.4 Å². The highest BCUT2D eigenvalue weighted by atomic mass is 16.8. The zero-order chi connectivity index (χ0) is 18.3. The van der Waals surface area contributed by atoms with Crippen LogP contribution in [0.3, 0.4) is 0 Å². The molecule has 0 radical (unpaired) electrons. The van der Waals surface area contributed by atoms with Crippen molar-refractivity contribution < 1.29 is 10.4 Å². The maximum atomic E-state index is 9.44. The molecular formula is C16H22N8O2. The molecule has 10 nitrogen and oxygen atoms in total. The first-order valence-corrected chi connectivity index (χ1v) is 8.70. The van der Waals surface area contributed by atoms with Gasteiger partial charge in [0.2, 0.25) is 5.95 Å². The molecule has 3 aromatic heterocycles. The lowest BCUT2D eigenvalue weighted by atomic mass is 10.2. The average Bonchev–Trinajstić information content (AvgIpc) is 3.31. The predicted octanol–water partition coefficient (Wildman–Crippen LogP) is 1.14. The standard InChI is InChI=1S/C16H22N8O2/c1-11-7-10-23-15(14(11)24(25)26)17-12(19-23)5-6-13-18-16(20-21(13)2)22-8-3-4-9-22/h7,10,25-26H,3-6,8-9H2,1-2H3. The summed E-state index contributed by atoms with van der Waals surface area (Å²) in [6, 6.07) is 1.76. The van der Waals surface area contributed by atoms with E-state index >= 15 is 0 Å². The van der Waals surface area contributed by atoms with Crippen molar-refractivity contribution in [1.29, 1.82) is 0 Å². The van der Waals surface area contributed by atoms with E-state index in [2.05, 4.69) is 25.1 Å². The van der Waals surface area contributed by atoms with Crippen LogP contribution >= 0.6 is 0 Å². The van der Waals surface area contributed by atoms with E-state index in [-0.39, 0.29) is 10.9 Å². The molecule has 4 heterocycles. The Morgan fingerprint density at radius 3 is 2.62 bits per heavy atom. The molecule has 0 atom stereocenters. The lowest BCUT2D eigenvalue weighted by Gasteiger charge is -2.10. The van der Waals surface area contributed by atoms with Gasteiger partial charge in [-0.3, -0.25) is 15.1 Å². The number of fused-ring (bicyclic) bond motifs is 1. The van der Waals surface area contributed by atoms with Gasteiger partial charge in [-0.15, -0.1) is 10.3 Å². The fraction of sp³-hybridized carbons (Fsp3) is 0.500. The summed E-state index contributed by atoms with van der Waals surface area (Å²) in [5.41, 5.74) is 1.33. The third-order valence-corrected chi connectivity index (χ3v) is 4.73. The molecule has 4 rings (SSSR count). The average molecular weight is 358 g/mol. The first kappa shape index (κ1) is 16.7. The van der Waals surface area contributed by atoms with Gasteiger partial charge in [0.15, 0.2) is 11.5 Å². The Kier molecular flexibility index (Phi) is 4.21. The number of nitrogens with zero attached hydrogens (tertiary/aromatic N) is 8. The summed E-state index contributed by atoms with van der Waals surface area (Å²) in [5.74, 6) is 2.29. The Labute approximate surface area is 150 Å². The zero-order valence-electron chi connectivity index (χ0n) is 14.9. The first-order chi connectivity index (χ1) is 12.5. The highest BCUT2D eigenvalue weighted by molar-refractivity contribution is 5.69. The quantitative estimate of drug-likeness (QED) is 0.654. The van der Waals surface area contributed by atoms with Crippen LogP contribution in [0.25, 0.3) is 5.65 Å². The van der Waals surface area contributed by atoms with E-state index in [4.69, 9.17) is 0 Å². The van der Waals surface area contributed by atoms with Crippen molar-refractivity contribution in [3.8, 4) is 0 Å². The molecule has 0 amide bonds. The highest BCUT2D eigenvalue weighted by Gasteiger charge is 2.19. The SMILES string of the molecule is Cc1ccn2nc(CCc3nc(N4CCCC4)nn3C)nc2c1N(O)O. The van der Waals surface area contributed by atoms with Gasteiger partial charge in [-0.05, 0) is 31.4 Å². The van der Waals surface area contributed by atoms with E-state index in [0.717, 1.165) is 24.9 Å². The second-order valence-corrected chi connectivity index (χ2v) is 6.58. The van der Waals surface area contributed by atoms with Crippen LogP contribution in [-0.4, -0.2) is 52.9 Å². The van der Waals surface area contributed by atoms with Crippen molar-refractivity contribution in [2.45, 2.75) is 32.6 Å². The Morgan fingerprint density at radius 2 is 1.88 bits per heavy atom. The maximum Gasteiger partial charge on any atom is 0.244 e. The molecular weight excluding hydrogens is 336 g/mol. The third-order valence-electron chi connectivity index (χ3n) is 4.73. The molecule has 10 heteroatoms. The second kappa shape index (κ2) is 6.54. The van der Waals surface area contributed by atoms with Crippen molar-refractivity contribution >= 4 is 17.3 Å². The summed E-state index contributed by atoms with van der Waals surface area (Å²) in [6.45, 7) is 3.80. The van der Waals surface area contributed by atoms with Crippen LogP contribution in [0.1, 0.15) is 30.1 Å². The van der Waals surface area contributed by atoms with Gasteiger partial charge in [0, 0.05) is 39.2 Å². The maximum absolute atomic E-state index is 9.44. The van der Waals surface area contributed by atoms with Crippen molar-refractivity contribution in [3.05, 3.63) is 29.5 Å². The molecule has 1 fully saturated rings. The van der Waals surface area contributed by atoms with Crippen LogP contribution in [0.4, 0.5) is 11.6 Å². The van der Waals surface area contributed by atoms with Crippen LogP contribution in [0.2, 0.25) is 0 Å². The van der Waals surface area contributed by atoms with Crippen LogP contribution in [0.15, 0.2) is 12.3 Å². The minimum atomic E-state index is 0.0914. The summed E-state index contributed by atoms with van der Waals surface area (Å²) in [7, 11) is 1.90. The molecule has 138 valence electrons. The first-order valence-electron chi connectivity index (χ1n) is 8.70. The molecule has 0 spiro atoms. The molecule has 0 saturated carbocycles. The molecule has 1 aliphatic rings. The van der Waals surface area contributed by atoms with Crippen molar-refractivity contribution in [2.24, 2.45) is 7.05 Å². The Balaban J connectivity index is 1.54. The number of rotatable bonds is 5. The van der Waals surface area contributed by atoms with Crippen LogP contribution in [0, 0.1) is 6.92 Å². The van der Waals surface area contributed by atoms with Gasteiger partial charge < -0.3 is 4.90 Å². The zero-order valence-corrected chi connectivity index (χ0v) is 14.9. The Hall–Kier alpha value is -2.72. The van der Waals surface area contributed by atoms with Crippen LogP contribution < -0.4 is 10.1 Å². The second-order valence-electron chi connectivity index (χ2n) is 6.58. The van der Waals surface area contributed by atoms with E-state index in [1.165, 1.54) is 12.8 Å². The Morgan fingerprint density at radius 1 is 1.12 bits per heavy atom. The fourth-order valence-corrected chi connectivity index (χ4v) is 3.32. The van der Waals surface area contributed by atoms with Gasteiger partial charge in [-0.25, -0.2) is 9.50 Å². The molecule has 2 N–H and O–H groups in total. The van der Waals surface area contributed by atoms with Crippen molar-refractivity contribution in [2.75, 3.05) is 23.2 Å². The minimum Gasteiger partial charge on any atom is -0.340 e. The van der Waals surface area contributed by atoms with E-state index in [1.54, 1.807) is 23.7 Å². The van der Waals surface area contributed by atoms with Gasteiger partial charge in [0.05, 0.1) is 0 Å². The molecule has 0 aliphatic carbocycles. The molecule has 1 aliphatic heterocycles. The van der Waals surface area contributed by atoms with Gasteiger partial charge >= 0.3 is 0 Å². The topological polar surface area (TPSA) is 108 Å². The molecule has 26 heavy (non-hydrogen) atoms. The number of aryl methyl sites for hydroxylation is 4. The lowest BCUT2D eigenvalue weighted by Crippen LogP contribution is -2.19. The van der Waals surface area contributed by atoms with E-state index in [0.29, 0.717) is 29.9 Å². The molecule has 0 bridgehead atoms. The van der Waals surface area contributed by atoms with Crippen LogP contribution in [0.5, 0.6) is 0 Å². The van der Waals surface area contributed by atoms with Crippen molar-refractivity contribution in [3.63, 3.8) is 0 Å². The third kappa shape index (κ3) is 2.97. The number of anilines is 2.